The maximum absolute atomic E-state index is 13.5. The van der Waals surface area contributed by atoms with E-state index in [1.165, 1.54) is 6.92 Å². The number of hydrogen-bond acceptors (Lipinski definition) is 9. The Hall–Kier alpha value is -5.84. The second-order valence-electron chi connectivity index (χ2n) is 13.3. The van der Waals surface area contributed by atoms with E-state index >= 15 is 0 Å². The molecule has 1 heterocycles. The van der Waals surface area contributed by atoms with Crippen molar-refractivity contribution in [1.29, 1.82) is 0 Å². The van der Waals surface area contributed by atoms with Gasteiger partial charge in [-0.25, -0.2) is 9.64 Å². The number of hydrogen-bond donors (Lipinski definition) is 3. The van der Waals surface area contributed by atoms with Crippen LogP contribution in [0.2, 0.25) is 0 Å². The zero-order chi connectivity index (χ0) is 40.5. The molecule has 0 aromatic heterocycles. The molecule has 14 heteroatoms. The molecule has 2 aromatic rings. The second-order valence-corrected chi connectivity index (χ2v) is 13.3. The number of amides is 5. The first kappa shape index (κ1) is 40.9. The lowest BCUT2D eigenvalue weighted by Crippen LogP contribution is -2.46. The number of rotatable bonds is 23. The highest BCUT2D eigenvalue weighted by Crippen LogP contribution is 2.24. The molecule has 1 aliphatic rings. The van der Waals surface area contributed by atoms with Crippen LogP contribution in [0.4, 0.5) is 10.5 Å². The summed E-state index contributed by atoms with van der Waals surface area (Å²) >= 11 is 0. The number of ketones is 2. The van der Waals surface area contributed by atoms with E-state index in [2.05, 4.69) is 15.5 Å². The van der Waals surface area contributed by atoms with Crippen LogP contribution in [0.15, 0.2) is 60.4 Å². The Bertz CT molecular complexity index is 1770. The van der Waals surface area contributed by atoms with E-state index in [9.17, 15) is 33.6 Å². The standard InChI is InChI=1S/C40H49N5O9/c1-5-37(49)53-25-28-14-12-27(13-15-28)22-34(47)33(11-9-20-43-40(41)52)44-38(50)32(26(2)3)23-30(46)10-7-6-8-21-45-36(48)24-35(39(45)51)54-31-18-16-29(42-4)17-19-31/h12-19,24,26,32-33H,5-11,20-23,25H2,1-3H3,(H,44,50)(H3,41,43,52)/t32-,33-/m0/s1/i5T/t5?,32-,33-. The maximum Gasteiger partial charge on any atom is 0.312 e. The molecule has 1 unspecified atom stereocenters. The van der Waals surface area contributed by atoms with Crippen LogP contribution in [0.25, 0.3) is 4.85 Å². The van der Waals surface area contributed by atoms with Crippen molar-refractivity contribution in [1.82, 2.24) is 15.5 Å². The zero-order valence-electron chi connectivity index (χ0n) is 31.9. The third-order valence-electron chi connectivity index (χ3n) is 8.79. The van der Waals surface area contributed by atoms with E-state index in [1.807, 2.05) is 13.8 Å². The number of primary amides is 1. The van der Waals surface area contributed by atoms with Crippen molar-refractivity contribution in [3.05, 3.63) is 82.9 Å². The topological polar surface area (TPSA) is 196 Å². The monoisotopic (exact) mass is 745 g/mol. The summed E-state index contributed by atoms with van der Waals surface area (Å²) < 4.78 is 18.0. The molecule has 5 amide bonds. The minimum Gasteiger partial charge on any atom is -0.461 e. The van der Waals surface area contributed by atoms with Crippen molar-refractivity contribution in [2.45, 2.75) is 91.2 Å². The minimum absolute atomic E-state index is 0.000307. The fourth-order valence-corrected chi connectivity index (χ4v) is 5.66. The average Bonchev–Trinajstić information content (AvgIpc) is 3.41. The number of urea groups is 1. The summed E-state index contributed by atoms with van der Waals surface area (Å²) in [5.41, 5.74) is 6.94. The molecule has 0 spiro atoms. The average molecular weight is 746 g/mol. The molecule has 288 valence electrons. The highest BCUT2D eigenvalue weighted by Gasteiger charge is 2.33. The molecular weight excluding hydrogens is 694 g/mol. The third kappa shape index (κ3) is 13.9. The van der Waals surface area contributed by atoms with Gasteiger partial charge in [-0.3, -0.25) is 33.7 Å². The van der Waals surface area contributed by atoms with E-state index in [4.69, 9.17) is 23.2 Å². The smallest absolute Gasteiger partial charge is 0.312 e. The molecule has 0 radical (unpaired) electrons. The lowest BCUT2D eigenvalue weighted by Gasteiger charge is -2.24. The number of carbonyl (C=O) groups is 7. The molecule has 14 nitrogen and oxygen atoms in total. The van der Waals surface area contributed by atoms with Gasteiger partial charge in [0.25, 0.3) is 11.8 Å². The minimum atomic E-state index is -0.993. The molecule has 3 atom stereocenters. The van der Waals surface area contributed by atoms with E-state index in [-0.39, 0.29) is 68.6 Å². The molecule has 54 heavy (non-hydrogen) atoms. The third-order valence-corrected chi connectivity index (χ3v) is 8.79. The van der Waals surface area contributed by atoms with E-state index < -0.39 is 48.1 Å². The van der Waals surface area contributed by atoms with Gasteiger partial charge in [0, 0.05) is 46.0 Å². The molecule has 3 rings (SSSR count). The van der Waals surface area contributed by atoms with E-state index in [1.54, 1.807) is 48.5 Å². The Labute approximate surface area is 317 Å². The van der Waals surface area contributed by atoms with Gasteiger partial charge in [-0.1, -0.05) is 63.6 Å². The van der Waals surface area contributed by atoms with Gasteiger partial charge in [0.2, 0.25) is 5.91 Å². The summed E-state index contributed by atoms with van der Waals surface area (Å²) in [5.74, 6) is -3.18. The highest BCUT2D eigenvalue weighted by molar-refractivity contribution is 6.15. The van der Waals surface area contributed by atoms with Crippen LogP contribution in [0.1, 0.15) is 84.6 Å². The fourth-order valence-electron chi connectivity index (χ4n) is 5.66. The summed E-state index contributed by atoms with van der Waals surface area (Å²) in [6.07, 6.45) is 2.41. The van der Waals surface area contributed by atoms with Crippen LogP contribution in [0.5, 0.6) is 5.75 Å². The molecule has 0 saturated heterocycles. The van der Waals surface area contributed by atoms with E-state index in [0.29, 0.717) is 48.2 Å². The number of nitrogens with one attached hydrogen (secondary N) is 2. The fraction of sp³-hybridized carbons (Fsp3) is 0.450. The Morgan fingerprint density at radius 3 is 2.28 bits per heavy atom. The van der Waals surface area contributed by atoms with E-state index in [0.717, 1.165) is 11.0 Å². The summed E-state index contributed by atoms with van der Waals surface area (Å²) in [4.78, 5) is 92.4. The number of benzene rings is 2. The first-order valence-corrected chi connectivity index (χ1v) is 18.0. The molecule has 2 aromatic carbocycles. The second kappa shape index (κ2) is 21.6. The lowest BCUT2D eigenvalue weighted by atomic mass is 9.88. The van der Waals surface area contributed by atoms with Gasteiger partial charge in [-0.15, -0.1) is 0 Å². The first-order valence-electron chi connectivity index (χ1n) is 18.5. The van der Waals surface area contributed by atoms with Crippen LogP contribution in [0, 0.1) is 18.4 Å². The maximum atomic E-state index is 13.5. The molecule has 0 saturated carbocycles. The van der Waals surface area contributed by atoms with Crippen molar-refractivity contribution in [2.24, 2.45) is 17.6 Å². The molecular formula is C40H49N5O9. The SMILES string of the molecule is [3H]C(C)C(=O)OCc1ccc(CC(=O)[C@H](CCCNC(N)=O)NC(=O)[C@@H](CC(=O)CCCCCN2C(=O)C=C(Oc3ccc([N+]#[C-])cc3)C2=O)C(C)C)cc1. The van der Waals surface area contributed by atoms with Crippen molar-refractivity contribution >= 4 is 47.0 Å². The molecule has 4 N–H and O–H groups in total. The number of nitrogens with two attached hydrogens (primary N) is 1. The van der Waals surface area contributed by atoms with Crippen molar-refractivity contribution in [3.8, 4) is 5.75 Å². The van der Waals surface area contributed by atoms with Crippen LogP contribution in [-0.4, -0.2) is 65.3 Å². The number of nitrogens with zero attached hydrogens (tertiary/aromatic N) is 2. The van der Waals surface area contributed by atoms with Gasteiger partial charge < -0.3 is 25.8 Å². The largest absolute Gasteiger partial charge is 0.461 e. The Kier molecular flexibility index (Phi) is 16.4. The van der Waals surface area contributed by atoms with Crippen molar-refractivity contribution < 1.29 is 44.4 Å². The number of imide groups is 1. The first-order chi connectivity index (χ1) is 26.2. The van der Waals surface area contributed by atoms with Gasteiger partial charge in [-0.05, 0) is 54.9 Å². The molecule has 1 aliphatic heterocycles. The van der Waals surface area contributed by atoms with Crippen LogP contribution < -0.4 is 21.1 Å². The van der Waals surface area contributed by atoms with Crippen LogP contribution in [-0.2, 0) is 46.5 Å². The Balaban J connectivity index is 1.49. The Morgan fingerprint density at radius 2 is 1.65 bits per heavy atom. The van der Waals surface area contributed by atoms with Gasteiger partial charge >= 0.3 is 12.0 Å². The molecule has 0 fully saturated rings. The van der Waals surface area contributed by atoms with Crippen LogP contribution >= 0.6 is 0 Å². The van der Waals surface area contributed by atoms with Gasteiger partial charge in [0.1, 0.15) is 18.1 Å². The number of unbranched alkanes of at least 4 members (excludes halogenated alkanes) is 2. The van der Waals surface area contributed by atoms with Crippen molar-refractivity contribution in [3.63, 3.8) is 0 Å². The quantitative estimate of drug-likeness (QED) is 0.0616. The van der Waals surface area contributed by atoms with Gasteiger partial charge in [0.05, 0.1) is 18.7 Å². The summed E-state index contributed by atoms with van der Waals surface area (Å²) in [7, 11) is 0. The zero-order valence-corrected chi connectivity index (χ0v) is 30.9. The normalized spacial score (nSPS) is 14.3. The van der Waals surface area contributed by atoms with Gasteiger partial charge in [0.15, 0.2) is 17.2 Å². The van der Waals surface area contributed by atoms with Crippen molar-refractivity contribution in [2.75, 3.05) is 13.1 Å². The summed E-state index contributed by atoms with van der Waals surface area (Å²) in [6.45, 7) is 12.4. The predicted octanol–water partition coefficient (Wildman–Crippen LogP) is 4.86. The number of ether oxygens (including phenoxy) is 2. The Morgan fingerprint density at radius 1 is 0.963 bits per heavy atom. The predicted molar refractivity (Wildman–Crippen MR) is 199 cm³/mol. The number of Topliss-reactive ketones (excluding diaryl/α,β-unsaturated/α-hetero) is 2. The van der Waals surface area contributed by atoms with Crippen LogP contribution in [0.3, 0.4) is 0 Å². The molecule has 0 aliphatic carbocycles. The number of carbonyl (C=O) groups excluding carboxylic acids is 7. The summed E-state index contributed by atoms with van der Waals surface area (Å²) in [5, 5.41) is 5.33. The number of esters is 1. The molecule has 0 bridgehead atoms. The highest BCUT2D eigenvalue weighted by atomic mass is 16.5. The van der Waals surface area contributed by atoms with Gasteiger partial charge in [-0.2, -0.15) is 0 Å². The lowest BCUT2D eigenvalue weighted by molar-refractivity contribution is -0.144. The summed E-state index contributed by atoms with van der Waals surface area (Å²) in [6, 6.07) is 11.4.